The van der Waals surface area contributed by atoms with E-state index in [0.29, 0.717) is 113 Å². The minimum atomic E-state index is -0.989. The number of nitriles is 1. The average molecular weight is 1420 g/mol. The van der Waals surface area contributed by atoms with Crippen molar-refractivity contribution in [3.05, 3.63) is 105 Å². The lowest BCUT2D eigenvalue weighted by atomic mass is 9.91. The number of hydrogen-bond donors (Lipinski definition) is 15. The van der Waals surface area contributed by atoms with Crippen molar-refractivity contribution in [2.75, 3.05) is 19.6 Å². The van der Waals surface area contributed by atoms with E-state index in [-0.39, 0.29) is 72.0 Å². The van der Waals surface area contributed by atoms with Crippen LogP contribution in [-0.4, -0.2) is 141 Å². The topological polar surface area (TPSA) is 453 Å². The Balaban J connectivity index is 0.000000162. The number of nitrogens with two attached hydrogens (primary N) is 3. The third kappa shape index (κ3) is 21.4. The number of para-hydroxylation sites is 3. The number of aromatic amines is 3. The number of nitrogens with zero attached hydrogens (tertiary/aromatic N) is 1. The smallest absolute Gasteiger partial charge is 0.352 e. The van der Waals surface area contributed by atoms with E-state index in [2.05, 4.69) is 63.6 Å². The van der Waals surface area contributed by atoms with Crippen LogP contribution in [0, 0.1) is 46.8 Å². The first-order valence-corrected chi connectivity index (χ1v) is 34.7. The van der Waals surface area contributed by atoms with Crippen LogP contribution in [0.3, 0.4) is 0 Å². The molecule has 6 aliphatic rings. The molecule has 3 saturated carbocycles. The second kappa shape index (κ2) is 34.5. The number of carboxylic acid groups (broad SMARTS) is 1. The van der Waals surface area contributed by atoms with Crippen molar-refractivity contribution in [3.8, 4) is 6.07 Å². The van der Waals surface area contributed by atoms with Crippen LogP contribution in [0.2, 0.25) is 15.1 Å². The molecule has 0 spiro atoms. The van der Waals surface area contributed by atoms with Gasteiger partial charge in [0.05, 0.1) is 43.7 Å². The second-order valence-corrected chi connectivity index (χ2v) is 27.6. The molecule has 3 saturated heterocycles. The molecule has 6 heterocycles. The number of aromatic carboxylic acids is 1. The Kier molecular flexibility index (Phi) is 25.8. The Bertz CT molecular complexity index is 4020. The number of carbonyl (C=O) groups is 11. The Morgan fingerprint density at radius 3 is 1.18 bits per heavy atom. The lowest BCUT2D eigenvalue weighted by Gasteiger charge is -2.27. The number of primary amides is 2. The number of nitrogens with one attached hydrogen (secondary N) is 11. The summed E-state index contributed by atoms with van der Waals surface area (Å²) in [6, 6.07) is 18.3. The van der Waals surface area contributed by atoms with Gasteiger partial charge in [0.15, 0.2) is 0 Å². The summed E-state index contributed by atoms with van der Waals surface area (Å²) in [6.45, 7) is 1.92. The molecular formula is C69H84Cl3N15O12. The monoisotopic (exact) mass is 1420 g/mol. The number of H-pyrrole nitrogens is 3. The van der Waals surface area contributed by atoms with Gasteiger partial charge in [0.25, 0.3) is 11.8 Å². The number of halogens is 3. The number of carboxylic acids is 1. The highest BCUT2D eigenvalue weighted by Gasteiger charge is 2.37. The summed E-state index contributed by atoms with van der Waals surface area (Å²) in [5, 5.41) is 44.1. The number of aromatic nitrogens is 3. The minimum absolute atomic E-state index is 0.0777. The summed E-state index contributed by atoms with van der Waals surface area (Å²) < 4.78 is 0. The first kappa shape index (κ1) is 74.0. The van der Waals surface area contributed by atoms with Gasteiger partial charge in [-0.2, -0.15) is 5.26 Å². The summed E-state index contributed by atoms with van der Waals surface area (Å²) in [7, 11) is 0. The maximum absolute atomic E-state index is 13.1. The van der Waals surface area contributed by atoms with Gasteiger partial charge < -0.3 is 79.8 Å². The third-order valence-electron chi connectivity index (χ3n) is 18.5. The zero-order valence-electron chi connectivity index (χ0n) is 54.5. The molecule has 18 N–H and O–H groups in total. The predicted molar refractivity (Wildman–Crippen MR) is 370 cm³/mol. The first-order valence-electron chi connectivity index (χ1n) is 33.6. The molecule has 9 atom stereocenters. The molecule has 99 heavy (non-hydrogen) atoms. The second-order valence-electron chi connectivity index (χ2n) is 26.4. The van der Waals surface area contributed by atoms with Crippen molar-refractivity contribution >= 4 is 133 Å². The fourth-order valence-corrected chi connectivity index (χ4v) is 13.0. The van der Waals surface area contributed by atoms with Crippen molar-refractivity contribution in [3.63, 3.8) is 0 Å². The molecule has 10 amide bonds. The molecule has 0 radical (unpaired) electrons. The van der Waals surface area contributed by atoms with E-state index in [1.54, 1.807) is 54.6 Å². The van der Waals surface area contributed by atoms with E-state index in [0.717, 1.165) is 73.9 Å². The molecule has 12 rings (SSSR count). The van der Waals surface area contributed by atoms with Crippen molar-refractivity contribution < 1.29 is 57.8 Å². The van der Waals surface area contributed by atoms with Crippen molar-refractivity contribution in [2.45, 2.75) is 152 Å². The number of hydrogen-bond acceptors (Lipinski definition) is 13. The fourth-order valence-electron chi connectivity index (χ4n) is 12.3. The molecule has 528 valence electrons. The standard InChI is InChI=1S/C23H28ClN5O4.C23H26ClN5O3.C14H24N4O3.C9H6ClNO2/c24-15-5-1-3-13-10-18(27-19(13)15)23(33)29-17(9-12-6-7-12)22(32)28-16(20(25)30)11-14-4-2-8-26-21(14)31;24-17-5-1-3-14-11-19(28-20(14)17)23(32)29-18(9-13-6-7-13)22(31)27-16(12-25)10-15-4-2-8-26-21(15)30;15-10(6-8-3-4-8)14(21)18-11(12(16)19)7-9-2-1-5-17-13(9)20;10-6-3-1-2-5-4-7(9(12)13)11-8(5)6/h1,3,5,10,12,14,16-17,27H,2,4,6-9,11H2,(H2,25,30)(H,26,31)(H,28,32)(H,29,33);1,3,5,11,13,15-16,18,28H,2,4,6-10H2,(H,26,30)(H,27,31)(H,29,32);8-11H,1-7,15H2,(H2,16,19)(H,17,20)(H,18,21);1-4,11H,(H,12,13)/t14-,16-,17-;15-,16-,18-;9-,10-,11-;/m000./s1. The Labute approximate surface area is 585 Å². The molecule has 0 unspecified atom stereocenters. The van der Waals surface area contributed by atoms with E-state index < -0.39 is 77.7 Å². The molecule has 0 bridgehead atoms. The zero-order chi connectivity index (χ0) is 71.0. The molecule has 6 aromatic rings. The number of rotatable bonds is 25. The van der Waals surface area contributed by atoms with Crippen LogP contribution < -0.4 is 59.7 Å². The maximum Gasteiger partial charge on any atom is 0.352 e. The van der Waals surface area contributed by atoms with Crippen LogP contribution in [-0.2, 0) is 38.4 Å². The van der Waals surface area contributed by atoms with Gasteiger partial charge in [0.1, 0.15) is 47.3 Å². The molecule has 30 heteroatoms. The van der Waals surface area contributed by atoms with Crippen LogP contribution >= 0.6 is 34.8 Å². The highest BCUT2D eigenvalue weighted by atomic mass is 35.5. The SMILES string of the molecule is N#C[C@H](C[C@@H]1CCCNC1=O)NC(=O)[C@H](CC1CC1)NC(=O)c1cc2cccc(Cl)c2[nH]1.NC(=O)[C@H](C[C@@H]1CCCNC1=O)NC(=O)[C@@H](N)CC1CC1.NC(=O)[C@H](C[C@@H]1CCCNC1=O)NC(=O)[C@H](CC1CC1)NC(=O)c1cc2cccc(Cl)c2[nH]1.O=C(O)c1cc2cccc(Cl)c2[nH]1. The number of fused-ring (bicyclic) bond motifs is 3. The fraction of sp³-hybridized carbons (Fsp3) is 0.478. The molecular weight excluding hydrogens is 1340 g/mol. The zero-order valence-corrected chi connectivity index (χ0v) is 56.7. The minimum Gasteiger partial charge on any atom is -0.477 e. The summed E-state index contributed by atoms with van der Waals surface area (Å²) >= 11 is 18.2. The normalized spacial score (nSPS) is 19.8. The van der Waals surface area contributed by atoms with Crippen LogP contribution in [0.5, 0.6) is 0 Å². The Morgan fingerprint density at radius 2 is 0.828 bits per heavy atom. The summed E-state index contributed by atoms with van der Waals surface area (Å²) in [4.78, 5) is 143. The van der Waals surface area contributed by atoms with Gasteiger partial charge in [-0.15, -0.1) is 0 Å². The van der Waals surface area contributed by atoms with E-state index in [9.17, 15) is 58.0 Å². The van der Waals surface area contributed by atoms with Gasteiger partial charge in [-0.3, -0.25) is 47.9 Å². The van der Waals surface area contributed by atoms with Crippen LogP contribution in [0.1, 0.15) is 147 Å². The van der Waals surface area contributed by atoms with Crippen LogP contribution in [0.15, 0.2) is 72.8 Å². The van der Waals surface area contributed by atoms with Crippen molar-refractivity contribution in [1.29, 1.82) is 5.26 Å². The van der Waals surface area contributed by atoms with Gasteiger partial charge in [-0.05, 0) is 131 Å². The molecule has 6 fully saturated rings. The molecule has 3 aromatic carbocycles. The van der Waals surface area contributed by atoms with E-state index in [1.165, 1.54) is 0 Å². The Hall–Kier alpha value is -9.23. The van der Waals surface area contributed by atoms with Gasteiger partial charge in [0.2, 0.25) is 47.3 Å². The van der Waals surface area contributed by atoms with E-state index in [1.807, 2.05) is 18.2 Å². The summed E-state index contributed by atoms with van der Waals surface area (Å²) in [6.07, 6.45) is 13.1. The lowest BCUT2D eigenvalue weighted by Crippen LogP contribution is -2.54. The van der Waals surface area contributed by atoms with Crippen molar-refractivity contribution in [2.24, 2.45) is 52.7 Å². The molecule has 27 nitrogen and oxygen atoms in total. The third-order valence-corrected chi connectivity index (χ3v) is 19.4. The number of benzene rings is 3. The highest BCUT2D eigenvalue weighted by Crippen LogP contribution is 2.36. The summed E-state index contributed by atoms with van der Waals surface area (Å²) in [5.74, 6) is -4.39. The molecule has 3 aliphatic carbocycles. The van der Waals surface area contributed by atoms with Crippen LogP contribution in [0.25, 0.3) is 32.7 Å². The van der Waals surface area contributed by atoms with E-state index in [4.69, 9.17) is 57.1 Å². The maximum atomic E-state index is 13.1. The van der Waals surface area contributed by atoms with Gasteiger partial charge in [-0.25, -0.2) is 4.79 Å². The van der Waals surface area contributed by atoms with Gasteiger partial charge >= 0.3 is 5.97 Å². The number of amides is 10. The number of piperidine rings is 3. The quantitative estimate of drug-likeness (QED) is 0.0324. The van der Waals surface area contributed by atoms with E-state index >= 15 is 0 Å². The molecule has 3 aliphatic heterocycles. The first-order chi connectivity index (χ1) is 47.4. The summed E-state index contributed by atoms with van der Waals surface area (Å²) in [5.41, 5.74) is 19.4. The Morgan fingerprint density at radius 1 is 0.475 bits per heavy atom. The van der Waals surface area contributed by atoms with Crippen molar-refractivity contribution in [1.82, 2.24) is 57.5 Å². The highest BCUT2D eigenvalue weighted by molar-refractivity contribution is 6.36. The average Bonchev–Trinajstić information content (AvgIpc) is 1.69. The molecule has 3 aromatic heterocycles. The van der Waals surface area contributed by atoms with Crippen LogP contribution in [0.4, 0.5) is 0 Å². The van der Waals surface area contributed by atoms with Gasteiger partial charge in [0, 0.05) is 53.5 Å². The largest absolute Gasteiger partial charge is 0.477 e. The number of carbonyl (C=O) groups excluding carboxylic acids is 10. The van der Waals surface area contributed by atoms with Gasteiger partial charge in [-0.1, -0.05) is 110 Å². The lowest BCUT2D eigenvalue weighted by molar-refractivity contribution is -0.131. The predicted octanol–water partition coefficient (Wildman–Crippen LogP) is 5.77.